The Hall–Kier alpha value is -2.74. The van der Waals surface area contributed by atoms with Crippen molar-refractivity contribution in [3.8, 4) is 16.6 Å². The SMILES string of the molecule is COc1ccc(C(=O)Nc2cc(-c3nnc(C)o3)sc2C)cn1. The summed E-state index contributed by atoms with van der Waals surface area (Å²) in [5.41, 5.74) is 1.16. The summed E-state index contributed by atoms with van der Waals surface area (Å²) in [6.07, 6.45) is 1.47. The number of nitrogens with one attached hydrogen (secondary N) is 1. The van der Waals surface area contributed by atoms with E-state index < -0.39 is 0 Å². The van der Waals surface area contributed by atoms with E-state index >= 15 is 0 Å². The van der Waals surface area contributed by atoms with Gasteiger partial charge in [-0.1, -0.05) is 0 Å². The van der Waals surface area contributed by atoms with E-state index in [4.69, 9.17) is 9.15 Å². The van der Waals surface area contributed by atoms with Crippen LogP contribution in [0.3, 0.4) is 0 Å². The van der Waals surface area contributed by atoms with Gasteiger partial charge in [-0.3, -0.25) is 4.79 Å². The molecule has 0 radical (unpaired) electrons. The number of carbonyl (C=O) groups is 1. The van der Waals surface area contributed by atoms with Crippen LogP contribution in [0.5, 0.6) is 5.88 Å². The third kappa shape index (κ3) is 3.21. The zero-order chi connectivity index (χ0) is 16.4. The average Bonchev–Trinajstić information content (AvgIpc) is 3.14. The van der Waals surface area contributed by atoms with Gasteiger partial charge in [0.25, 0.3) is 11.8 Å². The standard InChI is InChI=1S/C15H14N4O3S/c1-8-11(6-12(23-8)15-19-18-9(2)22-15)17-14(20)10-4-5-13(21-3)16-7-10/h4-7H,1-3H3,(H,17,20). The van der Waals surface area contributed by atoms with Crippen LogP contribution in [0.4, 0.5) is 5.69 Å². The Labute approximate surface area is 136 Å². The van der Waals surface area contributed by atoms with Crippen LogP contribution in [0.15, 0.2) is 28.8 Å². The zero-order valence-electron chi connectivity index (χ0n) is 12.8. The molecule has 0 saturated carbocycles. The van der Waals surface area contributed by atoms with Crippen LogP contribution in [0, 0.1) is 13.8 Å². The Morgan fingerprint density at radius 2 is 2.13 bits per heavy atom. The number of ether oxygens (including phenoxy) is 1. The van der Waals surface area contributed by atoms with Gasteiger partial charge in [0, 0.05) is 24.1 Å². The van der Waals surface area contributed by atoms with Gasteiger partial charge in [0.05, 0.1) is 23.2 Å². The summed E-state index contributed by atoms with van der Waals surface area (Å²) in [5.74, 6) is 1.17. The molecule has 0 fully saturated rings. The van der Waals surface area contributed by atoms with E-state index in [0.29, 0.717) is 28.9 Å². The van der Waals surface area contributed by atoms with Crippen LogP contribution in [0.1, 0.15) is 21.1 Å². The molecular formula is C15H14N4O3S. The lowest BCUT2D eigenvalue weighted by atomic mass is 10.2. The van der Waals surface area contributed by atoms with Crippen molar-refractivity contribution in [2.24, 2.45) is 0 Å². The minimum absolute atomic E-state index is 0.241. The molecule has 3 heterocycles. The summed E-state index contributed by atoms with van der Waals surface area (Å²) in [5, 5.41) is 10.7. The first-order valence-corrected chi connectivity index (χ1v) is 7.61. The van der Waals surface area contributed by atoms with Crippen LogP contribution in [0.25, 0.3) is 10.8 Å². The van der Waals surface area contributed by atoms with E-state index in [9.17, 15) is 4.79 Å². The molecule has 8 heteroatoms. The maximum Gasteiger partial charge on any atom is 0.257 e. The summed E-state index contributed by atoms with van der Waals surface area (Å²) in [7, 11) is 1.53. The van der Waals surface area contributed by atoms with Crippen molar-refractivity contribution >= 4 is 22.9 Å². The second-order valence-electron chi connectivity index (χ2n) is 4.75. The van der Waals surface area contributed by atoms with Gasteiger partial charge in [0.2, 0.25) is 11.8 Å². The fourth-order valence-electron chi connectivity index (χ4n) is 1.94. The Morgan fingerprint density at radius 3 is 2.74 bits per heavy atom. The minimum Gasteiger partial charge on any atom is -0.481 e. The fraction of sp³-hybridized carbons (Fsp3) is 0.200. The first-order valence-electron chi connectivity index (χ1n) is 6.79. The highest BCUT2D eigenvalue weighted by Gasteiger charge is 2.15. The van der Waals surface area contributed by atoms with E-state index in [0.717, 1.165) is 9.75 Å². The number of hydrogen-bond acceptors (Lipinski definition) is 7. The number of aryl methyl sites for hydroxylation is 2. The van der Waals surface area contributed by atoms with Crippen molar-refractivity contribution in [2.75, 3.05) is 12.4 Å². The smallest absolute Gasteiger partial charge is 0.257 e. The minimum atomic E-state index is -0.241. The van der Waals surface area contributed by atoms with Crippen molar-refractivity contribution in [3.05, 3.63) is 40.7 Å². The highest BCUT2D eigenvalue weighted by Crippen LogP contribution is 2.33. The van der Waals surface area contributed by atoms with E-state index in [-0.39, 0.29) is 5.91 Å². The van der Waals surface area contributed by atoms with Gasteiger partial charge in [-0.25, -0.2) is 4.98 Å². The molecule has 0 atom stereocenters. The number of thiophene rings is 1. The zero-order valence-corrected chi connectivity index (χ0v) is 13.6. The molecule has 3 aromatic rings. The number of amides is 1. The first-order chi connectivity index (χ1) is 11.1. The van der Waals surface area contributed by atoms with Crippen LogP contribution in [-0.2, 0) is 0 Å². The maximum absolute atomic E-state index is 12.3. The van der Waals surface area contributed by atoms with E-state index in [1.165, 1.54) is 24.6 Å². The highest BCUT2D eigenvalue weighted by molar-refractivity contribution is 7.15. The molecule has 7 nitrogen and oxygen atoms in total. The van der Waals surface area contributed by atoms with Gasteiger partial charge in [0.15, 0.2) is 0 Å². The Bertz CT molecular complexity index is 839. The van der Waals surface area contributed by atoms with Crippen molar-refractivity contribution in [1.82, 2.24) is 15.2 Å². The topological polar surface area (TPSA) is 90.1 Å². The number of nitrogens with zero attached hydrogens (tertiary/aromatic N) is 3. The summed E-state index contributed by atoms with van der Waals surface area (Å²) in [6.45, 7) is 3.65. The van der Waals surface area contributed by atoms with Gasteiger partial charge >= 0.3 is 0 Å². The number of methoxy groups -OCH3 is 1. The van der Waals surface area contributed by atoms with E-state index in [2.05, 4.69) is 20.5 Å². The van der Waals surface area contributed by atoms with Gasteiger partial charge in [-0.2, -0.15) is 0 Å². The molecule has 118 valence electrons. The summed E-state index contributed by atoms with van der Waals surface area (Å²) < 4.78 is 10.4. The lowest BCUT2D eigenvalue weighted by molar-refractivity contribution is 0.102. The number of anilines is 1. The number of pyridine rings is 1. The van der Waals surface area contributed by atoms with Gasteiger partial charge in [-0.05, 0) is 19.1 Å². The van der Waals surface area contributed by atoms with Crippen molar-refractivity contribution < 1.29 is 13.9 Å². The van der Waals surface area contributed by atoms with Crippen LogP contribution >= 0.6 is 11.3 Å². The highest BCUT2D eigenvalue weighted by atomic mass is 32.1. The molecule has 3 aromatic heterocycles. The first kappa shape index (κ1) is 15.2. The maximum atomic E-state index is 12.3. The Kier molecular flexibility index (Phi) is 4.07. The molecule has 0 spiro atoms. The third-order valence-corrected chi connectivity index (χ3v) is 4.15. The van der Waals surface area contributed by atoms with Crippen LogP contribution in [-0.4, -0.2) is 28.2 Å². The molecule has 0 unspecified atom stereocenters. The summed E-state index contributed by atoms with van der Waals surface area (Å²) in [4.78, 5) is 18.1. The molecular weight excluding hydrogens is 316 g/mol. The number of hydrogen-bond donors (Lipinski definition) is 1. The number of aromatic nitrogens is 3. The monoisotopic (exact) mass is 330 g/mol. The van der Waals surface area contributed by atoms with Crippen LogP contribution in [0.2, 0.25) is 0 Å². The largest absolute Gasteiger partial charge is 0.481 e. The second-order valence-corrected chi connectivity index (χ2v) is 6.01. The molecule has 1 amide bonds. The number of carbonyl (C=O) groups excluding carboxylic acids is 1. The fourth-order valence-corrected chi connectivity index (χ4v) is 2.83. The van der Waals surface area contributed by atoms with E-state index in [1.54, 1.807) is 19.1 Å². The Morgan fingerprint density at radius 1 is 1.30 bits per heavy atom. The molecule has 0 bridgehead atoms. The van der Waals surface area contributed by atoms with E-state index in [1.807, 2.05) is 13.0 Å². The lowest BCUT2D eigenvalue weighted by Crippen LogP contribution is -2.12. The average molecular weight is 330 g/mol. The summed E-state index contributed by atoms with van der Waals surface area (Å²) in [6, 6.07) is 5.12. The predicted octanol–water partition coefficient (Wildman–Crippen LogP) is 3.07. The lowest BCUT2D eigenvalue weighted by Gasteiger charge is -2.04. The molecule has 0 aliphatic heterocycles. The van der Waals surface area contributed by atoms with Gasteiger partial charge in [-0.15, -0.1) is 21.5 Å². The van der Waals surface area contributed by atoms with Crippen molar-refractivity contribution in [1.29, 1.82) is 0 Å². The quantitative estimate of drug-likeness (QED) is 0.790. The van der Waals surface area contributed by atoms with Crippen LogP contribution < -0.4 is 10.1 Å². The molecule has 0 aliphatic rings. The normalized spacial score (nSPS) is 10.6. The summed E-state index contributed by atoms with van der Waals surface area (Å²) >= 11 is 1.48. The van der Waals surface area contributed by atoms with Crippen molar-refractivity contribution in [2.45, 2.75) is 13.8 Å². The number of rotatable bonds is 4. The molecule has 1 N–H and O–H groups in total. The van der Waals surface area contributed by atoms with Crippen molar-refractivity contribution in [3.63, 3.8) is 0 Å². The molecule has 0 aliphatic carbocycles. The third-order valence-electron chi connectivity index (χ3n) is 3.11. The van der Waals surface area contributed by atoms with Gasteiger partial charge < -0.3 is 14.5 Å². The molecule has 3 rings (SSSR count). The predicted molar refractivity (Wildman–Crippen MR) is 85.8 cm³/mol. The van der Waals surface area contributed by atoms with Gasteiger partial charge in [0.1, 0.15) is 0 Å². The molecule has 0 saturated heterocycles. The molecule has 23 heavy (non-hydrogen) atoms. The molecule has 0 aromatic carbocycles. The second kappa shape index (κ2) is 6.17. The Balaban J connectivity index is 1.79.